The monoisotopic (exact) mass is 272 g/mol. The third kappa shape index (κ3) is 9.47. The second-order valence-electron chi connectivity index (χ2n) is 5.02. The van der Waals surface area contributed by atoms with Gasteiger partial charge >= 0.3 is 5.97 Å². The van der Waals surface area contributed by atoms with Crippen LogP contribution >= 0.6 is 0 Å². The number of rotatable bonds is 11. The summed E-state index contributed by atoms with van der Waals surface area (Å²) in [4.78, 5) is 22.6. The van der Waals surface area contributed by atoms with E-state index in [0.29, 0.717) is 6.42 Å². The maximum atomic E-state index is 11.7. The molecule has 0 saturated carbocycles. The standard InChI is InChI=1S/C14H28N2O3/c1-4-6-7-9-11(3)16-13(17)10-15-12(8-5-2)14(18)19/h11-12,15H,4-10H2,1-3H3,(H,16,17)(H,18,19). The van der Waals surface area contributed by atoms with Gasteiger partial charge in [-0.1, -0.05) is 39.5 Å². The molecule has 1 amide bonds. The van der Waals surface area contributed by atoms with E-state index < -0.39 is 12.0 Å². The average molecular weight is 272 g/mol. The predicted molar refractivity (Wildman–Crippen MR) is 76.1 cm³/mol. The lowest BCUT2D eigenvalue weighted by molar-refractivity contribution is -0.139. The van der Waals surface area contributed by atoms with Gasteiger partial charge in [0.1, 0.15) is 6.04 Å². The van der Waals surface area contributed by atoms with Crippen molar-refractivity contribution in [2.75, 3.05) is 6.54 Å². The van der Waals surface area contributed by atoms with Crippen LogP contribution in [0.2, 0.25) is 0 Å². The number of carboxylic acid groups (broad SMARTS) is 1. The second-order valence-corrected chi connectivity index (χ2v) is 5.02. The van der Waals surface area contributed by atoms with Crippen LogP contribution in [0.3, 0.4) is 0 Å². The van der Waals surface area contributed by atoms with Crippen LogP contribution in [0.1, 0.15) is 59.3 Å². The van der Waals surface area contributed by atoms with E-state index in [0.717, 1.165) is 19.3 Å². The Morgan fingerprint density at radius 2 is 1.79 bits per heavy atom. The highest BCUT2D eigenvalue weighted by Gasteiger charge is 2.17. The minimum atomic E-state index is -0.898. The summed E-state index contributed by atoms with van der Waals surface area (Å²) in [5.41, 5.74) is 0. The van der Waals surface area contributed by atoms with Crippen molar-refractivity contribution >= 4 is 11.9 Å². The summed E-state index contributed by atoms with van der Waals surface area (Å²) in [7, 11) is 0. The Kier molecular flexibility index (Phi) is 10.2. The molecule has 0 saturated heterocycles. The molecule has 2 atom stereocenters. The van der Waals surface area contributed by atoms with Crippen LogP contribution in [-0.2, 0) is 9.59 Å². The second kappa shape index (κ2) is 10.8. The van der Waals surface area contributed by atoms with Crippen molar-refractivity contribution in [1.82, 2.24) is 10.6 Å². The van der Waals surface area contributed by atoms with Crippen molar-refractivity contribution in [3.8, 4) is 0 Å². The van der Waals surface area contributed by atoms with Crippen LogP contribution in [0.5, 0.6) is 0 Å². The first-order valence-electron chi connectivity index (χ1n) is 7.26. The first kappa shape index (κ1) is 17.9. The van der Waals surface area contributed by atoms with Gasteiger partial charge in [0.25, 0.3) is 0 Å². The van der Waals surface area contributed by atoms with Gasteiger partial charge in [0.2, 0.25) is 5.91 Å². The Labute approximate surface area is 116 Å². The number of aliphatic carboxylic acids is 1. The molecular formula is C14H28N2O3. The minimum Gasteiger partial charge on any atom is -0.480 e. The Hall–Kier alpha value is -1.10. The van der Waals surface area contributed by atoms with Crippen LogP contribution in [0, 0.1) is 0 Å². The maximum absolute atomic E-state index is 11.7. The fourth-order valence-corrected chi connectivity index (χ4v) is 1.92. The van der Waals surface area contributed by atoms with Gasteiger partial charge in [-0.05, 0) is 19.8 Å². The first-order valence-corrected chi connectivity index (χ1v) is 7.26. The molecule has 5 heteroatoms. The van der Waals surface area contributed by atoms with E-state index in [1.807, 2.05) is 13.8 Å². The Bertz CT molecular complexity index is 269. The highest BCUT2D eigenvalue weighted by molar-refractivity contribution is 5.80. The fourth-order valence-electron chi connectivity index (χ4n) is 1.92. The topological polar surface area (TPSA) is 78.4 Å². The molecular weight excluding hydrogens is 244 g/mol. The summed E-state index contributed by atoms with van der Waals surface area (Å²) in [6, 6.07) is -0.485. The molecule has 3 N–H and O–H groups in total. The number of hydrogen-bond acceptors (Lipinski definition) is 3. The molecule has 0 radical (unpaired) electrons. The Morgan fingerprint density at radius 1 is 1.11 bits per heavy atom. The number of amides is 1. The molecule has 0 heterocycles. The van der Waals surface area contributed by atoms with Crippen LogP contribution in [0.15, 0.2) is 0 Å². The van der Waals surface area contributed by atoms with E-state index in [1.165, 1.54) is 12.8 Å². The van der Waals surface area contributed by atoms with Gasteiger partial charge in [-0.2, -0.15) is 0 Å². The Balaban J connectivity index is 3.86. The molecule has 5 nitrogen and oxygen atoms in total. The summed E-state index contributed by atoms with van der Waals surface area (Å²) in [6.07, 6.45) is 5.74. The normalized spacial score (nSPS) is 13.8. The van der Waals surface area contributed by atoms with E-state index in [4.69, 9.17) is 5.11 Å². The molecule has 2 unspecified atom stereocenters. The van der Waals surface area contributed by atoms with Gasteiger partial charge in [-0.25, -0.2) is 0 Å². The SMILES string of the molecule is CCCCCC(C)NC(=O)CNC(CCC)C(=O)O. The molecule has 0 aliphatic rings. The number of nitrogens with one attached hydrogen (secondary N) is 2. The van der Waals surface area contributed by atoms with Gasteiger partial charge in [0.05, 0.1) is 6.54 Å². The molecule has 0 bridgehead atoms. The van der Waals surface area contributed by atoms with Crippen molar-refractivity contribution in [2.24, 2.45) is 0 Å². The molecule has 19 heavy (non-hydrogen) atoms. The number of unbranched alkanes of at least 4 members (excludes halogenated alkanes) is 2. The maximum Gasteiger partial charge on any atom is 0.320 e. The molecule has 0 rings (SSSR count). The smallest absolute Gasteiger partial charge is 0.320 e. The molecule has 0 aromatic rings. The number of carboxylic acids is 1. The highest BCUT2D eigenvalue weighted by Crippen LogP contribution is 2.02. The van der Waals surface area contributed by atoms with Crippen molar-refractivity contribution in [1.29, 1.82) is 0 Å². The van der Waals surface area contributed by atoms with Crippen LogP contribution < -0.4 is 10.6 Å². The third-order valence-corrected chi connectivity index (χ3v) is 3.03. The van der Waals surface area contributed by atoms with Crippen LogP contribution in [-0.4, -0.2) is 35.6 Å². The number of carbonyl (C=O) groups is 2. The third-order valence-electron chi connectivity index (χ3n) is 3.03. The fraction of sp³-hybridized carbons (Fsp3) is 0.857. The number of hydrogen-bond donors (Lipinski definition) is 3. The van der Waals surface area contributed by atoms with Crippen molar-refractivity contribution < 1.29 is 14.7 Å². The molecule has 112 valence electrons. The lowest BCUT2D eigenvalue weighted by Crippen LogP contribution is -2.45. The first-order chi connectivity index (χ1) is 9.01. The minimum absolute atomic E-state index is 0.0646. The summed E-state index contributed by atoms with van der Waals surface area (Å²) < 4.78 is 0. The summed E-state index contributed by atoms with van der Waals surface area (Å²) in [6.45, 7) is 6.11. The summed E-state index contributed by atoms with van der Waals surface area (Å²) in [5, 5.41) is 14.6. The molecule has 0 aliphatic heterocycles. The zero-order valence-corrected chi connectivity index (χ0v) is 12.4. The van der Waals surface area contributed by atoms with E-state index in [1.54, 1.807) is 0 Å². The van der Waals surface area contributed by atoms with Gasteiger partial charge in [-0.15, -0.1) is 0 Å². The Morgan fingerprint density at radius 3 is 2.32 bits per heavy atom. The van der Waals surface area contributed by atoms with Gasteiger partial charge in [0, 0.05) is 6.04 Å². The quantitative estimate of drug-likeness (QED) is 0.502. The zero-order chi connectivity index (χ0) is 14.7. The largest absolute Gasteiger partial charge is 0.480 e. The molecule has 0 fully saturated rings. The van der Waals surface area contributed by atoms with E-state index in [9.17, 15) is 9.59 Å². The van der Waals surface area contributed by atoms with E-state index in [-0.39, 0.29) is 18.5 Å². The van der Waals surface area contributed by atoms with Crippen molar-refractivity contribution in [3.05, 3.63) is 0 Å². The summed E-state index contributed by atoms with van der Waals surface area (Å²) >= 11 is 0. The molecule has 0 aliphatic carbocycles. The lowest BCUT2D eigenvalue weighted by atomic mass is 10.1. The van der Waals surface area contributed by atoms with Crippen LogP contribution in [0.4, 0.5) is 0 Å². The van der Waals surface area contributed by atoms with Gasteiger partial charge in [0.15, 0.2) is 0 Å². The van der Waals surface area contributed by atoms with E-state index >= 15 is 0 Å². The molecule has 0 aromatic heterocycles. The van der Waals surface area contributed by atoms with E-state index in [2.05, 4.69) is 17.6 Å². The van der Waals surface area contributed by atoms with Crippen molar-refractivity contribution in [2.45, 2.75) is 71.4 Å². The molecule has 0 spiro atoms. The predicted octanol–water partition coefficient (Wildman–Crippen LogP) is 1.91. The average Bonchev–Trinajstić information content (AvgIpc) is 2.34. The van der Waals surface area contributed by atoms with Crippen LogP contribution in [0.25, 0.3) is 0 Å². The number of carbonyl (C=O) groups excluding carboxylic acids is 1. The highest BCUT2D eigenvalue weighted by atomic mass is 16.4. The van der Waals surface area contributed by atoms with Gasteiger partial charge in [-0.3, -0.25) is 14.9 Å². The lowest BCUT2D eigenvalue weighted by Gasteiger charge is -2.16. The van der Waals surface area contributed by atoms with Crippen molar-refractivity contribution in [3.63, 3.8) is 0 Å². The van der Waals surface area contributed by atoms with Gasteiger partial charge < -0.3 is 10.4 Å². The molecule has 0 aromatic carbocycles. The summed E-state index contributed by atoms with van der Waals surface area (Å²) in [5.74, 6) is -1.03. The zero-order valence-electron chi connectivity index (χ0n) is 12.4.